The van der Waals surface area contributed by atoms with Gasteiger partial charge in [-0.2, -0.15) is 0 Å². The number of ether oxygens (including phenoxy) is 2. The molecule has 3 rings (SSSR count). The molecule has 0 saturated carbocycles. The first-order chi connectivity index (χ1) is 15.8. The van der Waals surface area contributed by atoms with Gasteiger partial charge in [0.1, 0.15) is 4.32 Å². The van der Waals surface area contributed by atoms with Crippen LogP contribution in [-0.4, -0.2) is 52.4 Å². The SMILES string of the molecule is CCOC(=O)c1ccc(NC(=O)CCN2C(=O)/C(=C/c3ccc(O)c(OC)c3)SC2=S)cc1. The third-order valence-electron chi connectivity index (χ3n) is 4.62. The lowest BCUT2D eigenvalue weighted by Gasteiger charge is -2.14. The van der Waals surface area contributed by atoms with Crippen LogP contribution in [0.15, 0.2) is 47.4 Å². The Bertz CT molecular complexity index is 1110. The van der Waals surface area contributed by atoms with Crippen molar-refractivity contribution in [3.05, 3.63) is 58.5 Å². The van der Waals surface area contributed by atoms with Gasteiger partial charge in [-0.15, -0.1) is 0 Å². The molecule has 0 aliphatic carbocycles. The van der Waals surface area contributed by atoms with Crippen molar-refractivity contribution >= 4 is 57.8 Å². The smallest absolute Gasteiger partial charge is 0.338 e. The fourth-order valence-corrected chi connectivity index (χ4v) is 4.28. The van der Waals surface area contributed by atoms with E-state index >= 15 is 0 Å². The number of carbonyl (C=O) groups excluding carboxylic acids is 3. The molecule has 0 spiro atoms. The summed E-state index contributed by atoms with van der Waals surface area (Å²) in [5, 5.41) is 12.4. The first-order valence-corrected chi connectivity index (χ1v) is 11.2. The summed E-state index contributed by atoms with van der Waals surface area (Å²) in [6.45, 7) is 2.14. The van der Waals surface area contributed by atoms with E-state index in [1.807, 2.05) is 0 Å². The first-order valence-electron chi connectivity index (χ1n) is 10.0. The largest absolute Gasteiger partial charge is 0.504 e. The summed E-state index contributed by atoms with van der Waals surface area (Å²) >= 11 is 6.46. The normalized spacial score (nSPS) is 14.5. The zero-order valence-corrected chi connectivity index (χ0v) is 19.6. The molecule has 1 aliphatic rings. The van der Waals surface area contributed by atoms with Gasteiger partial charge in [0.25, 0.3) is 5.91 Å². The Labute approximate surface area is 200 Å². The molecular formula is C23H22N2O6S2. The molecule has 2 aromatic rings. The number of benzene rings is 2. The van der Waals surface area contributed by atoms with Crippen molar-refractivity contribution in [2.45, 2.75) is 13.3 Å². The second kappa shape index (κ2) is 11.0. The number of hydrogen-bond acceptors (Lipinski definition) is 8. The van der Waals surface area contributed by atoms with E-state index in [-0.39, 0.29) is 37.1 Å². The summed E-state index contributed by atoms with van der Waals surface area (Å²) in [6, 6.07) is 11.1. The van der Waals surface area contributed by atoms with Crippen LogP contribution in [-0.2, 0) is 14.3 Å². The Morgan fingerprint density at radius 1 is 1.21 bits per heavy atom. The maximum Gasteiger partial charge on any atom is 0.338 e. The molecule has 2 amide bonds. The van der Waals surface area contributed by atoms with Crippen molar-refractivity contribution in [1.82, 2.24) is 4.90 Å². The molecule has 1 fully saturated rings. The molecule has 0 unspecified atom stereocenters. The molecule has 1 aliphatic heterocycles. The van der Waals surface area contributed by atoms with Crippen LogP contribution in [0, 0.1) is 0 Å². The minimum absolute atomic E-state index is 0.00347. The topological polar surface area (TPSA) is 105 Å². The van der Waals surface area contributed by atoms with Crippen molar-refractivity contribution in [1.29, 1.82) is 0 Å². The highest BCUT2D eigenvalue weighted by molar-refractivity contribution is 8.26. The molecule has 0 radical (unpaired) electrons. The van der Waals surface area contributed by atoms with Gasteiger partial charge in [0.2, 0.25) is 5.91 Å². The number of anilines is 1. The molecule has 0 bridgehead atoms. The van der Waals surface area contributed by atoms with Crippen LogP contribution in [0.25, 0.3) is 6.08 Å². The van der Waals surface area contributed by atoms with Gasteiger partial charge >= 0.3 is 5.97 Å². The summed E-state index contributed by atoms with van der Waals surface area (Å²) in [6.07, 6.45) is 1.71. The van der Waals surface area contributed by atoms with Crippen LogP contribution in [0.4, 0.5) is 5.69 Å². The van der Waals surface area contributed by atoms with Crippen molar-refractivity contribution in [2.24, 2.45) is 0 Å². The lowest BCUT2D eigenvalue weighted by molar-refractivity contribution is -0.122. The highest BCUT2D eigenvalue weighted by atomic mass is 32.2. The van der Waals surface area contributed by atoms with Gasteiger partial charge in [0, 0.05) is 18.7 Å². The Kier molecular flexibility index (Phi) is 8.07. The number of hydrogen-bond donors (Lipinski definition) is 2. The molecule has 1 saturated heterocycles. The molecule has 10 heteroatoms. The predicted octanol–water partition coefficient (Wildman–Crippen LogP) is 3.81. The number of thiocarbonyl (C=S) groups is 1. The summed E-state index contributed by atoms with van der Waals surface area (Å²) in [4.78, 5) is 38.6. The Morgan fingerprint density at radius 2 is 1.94 bits per heavy atom. The number of esters is 1. The summed E-state index contributed by atoms with van der Waals surface area (Å²) in [5.74, 6) is -0.706. The van der Waals surface area contributed by atoms with Crippen LogP contribution in [0.3, 0.4) is 0 Å². The molecule has 33 heavy (non-hydrogen) atoms. The van der Waals surface area contributed by atoms with Crippen molar-refractivity contribution < 1.29 is 29.0 Å². The Hall–Kier alpha value is -3.37. The van der Waals surface area contributed by atoms with Gasteiger partial charge in [-0.05, 0) is 55.0 Å². The number of carbonyl (C=O) groups is 3. The van der Waals surface area contributed by atoms with Crippen LogP contribution in [0.1, 0.15) is 29.3 Å². The maximum atomic E-state index is 12.8. The molecule has 172 valence electrons. The lowest BCUT2D eigenvalue weighted by Crippen LogP contribution is -2.31. The van der Waals surface area contributed by atoms with Gasteiger partial charge in [0.15, 0.2) is 11.5 Å². The number of rotatable bonds is 8. The monoisotopic (exact) mass is 486 g/mol. The van der Waals surface area contributed by atoms with Crippen molar-refractivity contribution in [3.63, 3.8) is 0 Å². The zero-order chi connectivity index (χ0) is 24.0. The number of thioether (sulfide) groups is 1. The second-order valence-corrected chi connectivity index (χ2v) is 8.54. The molecule has 0 aromatic heterocycles. The number of methoxy groups -OCH3 is 1. The number of nitrogens with one attached hydrogen (secondary N) is 1. The number of phenolic OH excluding ortho intramolecular Hbond substituents is 1. The summed E-state index contributed by atoms with van der Waals surface area (Å²) < 4.78 is 10.4. The molecular weight excluding hydrogens is 464 g/mol. The molecule has 2 aromatic carbocycles. The standard InChI is InChI=1S/C23H22N2O6S2/c1-3-31-22(29)15-5-7-16(8-6-15)24-20(27)10-11-25-21(28)19(33-23(25)32)13-14-4-9-17(26)18(12-14)30-2/h4-9,12-13,26H,3,10-11H2,1-2H3,(H,24,27)/b19-13-. The van der Waals surface area contributed by atoms with E-state index in [4.69, 9.17) is 21.7 Å². The number of aromatic hydroxyl groups is 1. The van der Waals surface area contributed by atoms with E-state index < -0.39 is 5.97 Å². The van der Waals surface area contributed by atoms with Gasteiger partial charge in [-0.1, -0.05) is 30.0 Å². The fraction of sp³-hybridized carbons (Fsp3) is 0.217. The quantitative estimate of drug-likeness (QED) is 0.330. The van der Waals surface area contributed by atoms with Crippen LogP contribution >= 0.6 is 24.0 Å². The molecule has 0 atom stereocenters. The van der Waals surface area contributed by atoms with E-state index in [1.165, 1.54) is 18.1 Å². The number of amides is 2. The van der Waals surface area contributed by atoms with E-state index in [2.05, 4.69) is 5.32 Å². The van der Waals surface area contributed by atoms with E-state index in [0.717, 1.165) is 11.8 Å². The summed E-state index contributed by atoms with van der Waals surface area (Å²) in [5.41, 5.74) is 1.60. The first kappa shape index (κ1) is 24.3. The van der Waals surface area contributed by atoms with Crippen molar-refractivity contribution in [2.75, 3.05) is 25.6 Å². The van der Waals surface area contributed by atoms with Gasteiger partial charge < -0.3 is 19.9 Å². The van der Waals surface area contributed by atoms with Crippen molar-refractivity contribution in [3.8, 4) is 11.5 Å². The van der Waals surface area contributed by atoms with Gasteiger partial charge in [-0.3, -0.25) is 14.5 Å². The van der Waals surface area contributed by atoms with Crippen LogP contribution in [0.2, 0.25) is 0 Å². The number of phenols is 1. The van der Waals surface area contributed by atoms with Gasteiger partial charge in [0.05, 0.1) is 24.2 Å². The minimum Gasteiger partial charge on any atom is -0.504 e. The van der Waals surface area contributed by atoms with Gasteiger partial charge in [-0.25, -0.2) is 4.79 Å². The molecule has 2 N–H and O–H groups in total. The van der Waals surface area contributed by atoms with E-state index in [0.29, 0.717) is 31.8 Å². The second-order valence-electron chi connectivity index (χ2n) is 6.86. The van der Waals surface area contributed by atoms with E-state index in [1.54, 1.807) is 49.4 Å². The average Bonchev–Trinajstić information content (AvgIpc) is 3.06. The van der Waals surface area contributed by atoms with Crippen LogP contribution in [0.5, 0.6) is 11.5 Å². The minimum atomic E-state index is -0.427. The maximum absolute atomic E-state index is 12.8. The Morgan fingerprint density at radius 3 is 2.61 bits per heavy atom. The summed E-state index contributed by atoms with van der Waals surface area (Å²) in [7, 11) is 1.44. The van der Waals surface area contributed by atoms with E-state index in [9.17, 15) is 19.5 Å². The Balaban J connectivity index is 1.58. The highest BCUT2D eigenvalue weighted by Gasteiger charge is 2.32. The molecule has 8 nitrogen and oxygen atoms in total. The van der Waals surface area contributed by atoms with Crippen LogP contribution < -0.4 is 10.1 Å². The predicted molar refractivity (Wildman–Crippen MR) is 130 cm³/mol. The zero-order valence-electron chi connectivity index (χ0n) is 18.0. The number of nitrogens with zero attached hydrogens (tertiary/aromatic N) is 1. The average molecular weight is 487 g/mol. The molecule has 1 heterocycles. The lowest BCUT2D eigenvalue weighted by atomic mass is 10.2. The highest BCUT2D eigenvalue weighted by Crippen LogP contribution is 2.34. The fourth-order valence-electron chi connectivity index (χ4n) is 2.97. The third kappa shape index (κ3) is 6.11. The third-order valence-corrected chi connectivity index (χ3v) is 6.00.